The van der Waals surface area contributed by atoms with Crippen molar-refractivity contribution in [3.8, 4) is 0 Å². The first kappa shape index (κ1) is 8.22. The molecule has 13 heavy (non-hydrogen) atoms. The lowest BCUT2D eigenvalue weighted by Crippen LogP contribution is -2.29. The maximum absolute atomic E-state index is 12.6. The van der Waals surface area contributed by atoms with E-state index in [0.717, 1.165) is 6.20 Å². The third-order valence-electron chi connectivity index (χ3n) is 2.28. The van der Waals surface area contributed by atoms with Gasteiger partial charge in [-0.15, -0.1) is 0 Å². The van der Waals surface area contributed by atoms with Crippen molar-refractivity contribution in [1.29, 1.82) is 0 Å². The second-order valence-corrected chi connectivity index (χ2v) is 3.13. The molecule has 1 aliphatic rings. The normalized spacial score (nSPS) is 18.3. The molecular weight excluding hydrogens is 175 g/mol. The highest BCUT2D eigenvalue weighted by atomic mass is 19.1. The van der Waals surface area contributed by atoms with Gasteiger partial charge in [0.05, 0.1) is 19.5 Å². The molecule has 0 aliphatic heterocycles. The summed E-state index contributed by atoms with van der Waals surface area (Å²) in [6.07, 6.45) is 3.63. The molecule has 0 bridgehead atoms. The van der Waals surface area contributed by atoms with Crippen molar-refractivity contribution in [2.24, 2.45) is 0 Å². The lowest BCUT2D eigenvalue weighted by atomic mass is 10.3. The predicted molar refractivity (Wildman–Crippen MR) is 41.4 cm³/mol. The number of ether oxygens (including phenoxy) is 1. The van der Waals surface area contributed by atoms with Gasteiger partial charge in [-0.25, -0.2) is 9.18 Å². The van der Waals surface area contributed by atoms with Crippen LogP contribution in [-0.4, -0.2) is 22.9 Å². The summed E-state index contributed by atoms with van der Waals surface area (Å²) >= 11 is 0. The second-order valence-electron chi connectivity index (χ2n) is 3.13. The first-order valence-electron chi connectivity index (χ1n) is 3.98. The molecule has 0 N–H and O–H groups in total. The Morgan fingerprint density at radius 1 is 1.77 bits per heavy atom. The van der Waals surface area contributed by atoms with Crippen LogP contribution in [0.4, 0.5) is 4.39 Å². The van der Waals surface area contributed by atoms with Crippen LogP contribution in [0.1, 0.15) is 12.8 Å². The summed E-state index contributed by atoms with van der Waals surface area (Å²) in [6.45, 7) is 0. The average Bonchev–Trinajstić information content (AvgIpc) is 2.83. The summed E-state index contributed by atoms with van der Waals surface area (Å²) in [4.78, 5) is 11.3. The van der Waals surface area contributed by atoms with Crippen molar-refractivity contribution >= 4 is 5.97 Å². The van der Waals surface area contributed by atoms with Gasteiger partial charge in [0.1, 0.15) is 0 Å². The van der Waals surface area contributed by atoms with E-state index >= 15 is 0 Å². The first-order valence-corrected chi connectivity index (χ1v) is 3.98. The molecule has 1 fully saturated rings. The molecule has 0 radical (unpaired) electrons. The van der Waals surface area contributed by atoms with E-state index < -0.39 is 11.4 Å². The van der Waals surface area contributed by atoms with Gasteiger partial charge in [0, 0.05) is 0 Å². The molecule has 5 heteroatoms. The van der Waals surface area contributed by atoms with Gasteiger partial charge in [-0.2, -0.15) is 5.10 Å². The lowest BCUT2D eigenvalue weighted by molar-refractivity contribution is -0.146. The Morgan fingerprint density at radius 3 is 2.85 bits per heavy atom. The second kappa shape index (κ2) is 2.55. The Balaban J connectivity index is 2.30. The van der Waals surface area contributed by atoms with Gasteiger partial charge in [0.15, 0.2) is 11.4 Å². The van der Waals surface area contributed by atoms with Gasteiger partial charge in [0.2, 0.25) is 0 Å². The summed E-state index contributed by atoms with van der Waals surface area (Å²) in [5, 5.41) is 3.76. The Hall–Kier alpha value is -1.39. The molecule has 0 aromatic carbocycles. The maximum atomic E-state index is 12.6. The van der Waals surface area contributed by atoms with Crippen LogP contribution < -0.4 is 0 Å². The Bertz CT molecular complexity index is 344. The number of carbonyl (C=O) groups excluding carboxylic acids is 1. The minimum atomic E-state index is -0.723. The van der Waals surface area contributed by atoms with Crippen LogP contribution in [0.3, 0.4) is 0 Å². The molecule has 0 amide bonds. The summed E-state index contributed by atoms with van der Waals surface area (Å²) < 4.78 is 18.6. The zero-order chi connectivity index (χ0) is 9.47. The number of aromatic nitrogens is 2. The average molecular weight is 184 g/mol. The number of esters is 1. The van der Waals surface area contributed by atoms with E-state index in [4.69, 9.17) is 0 Å². The van der Waals surface area contributed by atoms with Crippen molar-refractivity contribution in [2.75, 3.05) is 7.11 Å². The predicted octanol–water partition coefficient (Wildman–Crippen LogP) is 0.684. The third-order valence-corrected chi connectivity index (χ3v) is 2.28. The van der Waals surface area contributed by atoms with Crippen LogP contribution in [-0.2, 0) is 15.1 Å². The third kappa shape index (κ3) is 1.11. The Labute approximate surface area is 74.3 Å². The fraction of sp³-hybridized carbons (Fsp3) is 0.500. The number of methoxy groups -OCH3 is 1. The summed E-state index contributed by atoms with van der Waals surface area (Å²) in [5.41, 5.74) is -0.723. The zero-order valence-electron chi connectivity index (χ0n) is 7.16. The van der Waals surface area contributed by atoms with Crippen molar-refractivity contribution in [1.82, 2.24) is 9.78 Å². The van der Waals surface area contributed by atoms with Gasteiger partial charge in [-0.3, -0.25) is 4.68 Å². The standard InChI is InChI=1S/C8H9FN2O2/c1-13-7(12)8(2-3-8)11-5-6(9)4-10-11/h4-5H,2-3H2,1H3. The highest BCUT2D eigenvalue weighted by Crippen LogP contribution is 2.43. The van der Waals surface area contributed by atoms with Crippen molar-refractivity contribution in [3.63, 3.8) is 0 Å². The van der Waals surface area contributed by atoms with E-state index in [2.05, 4.69) is 9.84 Å². The number of halogens is 1. The minimum Gasteiger partial charge on any atom is -0.467 e. The minimum absolute atomic E-state index is 0.351. The van der Waals surface area contributed by atoms with E-state index in [1.807, 2.05) is 0 Å². The number of hydrogen-bond acceptors (Lipinski definition) is 3. The van der Waals surface area contributed by atoms with Crippen LogP contribution in [0.25, 0.3) is 0 Å². The zero-order valence-corrected chi connectivity index (χ0v) is 7.16. The van der Waals surface area contributed by atoms with E-state index in [1.165, 1.54) is 18.0 Å². The van der Waals surface area contributed by atoms with Crippen molar-refractivity contribution < 1.29 is 13.9 Å². The maximum Gasteiger partial charge on any atom is 0.333 e. The molecule has 1 aromatic heterocycles. The van der Waals surface area contributed by atoms with E-state index in [9.17, 15) is 9.18 Å². The smallest absolute Gasteiger partial charge is 0.333 e. The van der Waals surface area contributed by atoms with E-state index in [-0.39, 0.29) is 5.97 Å². The van der Waals surface area contributed by atoms with Gasteiger partial charge in [-0.05, 0) is 12.8 Å². The Kier molecular flexibility index (Phi) is 1.61. The monoisotopic (exact) mass is 184 g/mol. The first-order chi connectivity index (χ1) is 6.19. The number of carbonyl (C=O) groups is 1. The van der Waals surface area contributed by atoms with Gasteiger partial charge in [-0.1, -0.05) is 0 Å². The highest BCUT2D eigenvalue weighted by molar-refractivity contribution is 5.81. The topological polar surface area (TPSA) is 44.1 Å². The fourth-order valence-electron chi connectivity index (χ4n) is 1.37. The molecule has 1 heterocycles. The van der Waals surface area contributed by atoms with Crippen LogP contribution in [0.2, 0.25) is 0 Å². The molecule has 1 saturated carbocycles. The molecule has 1 aromatic rings. The van der Waals surface area contributed by atoms with Crippen molar-refractivity contribution in [3.05, 3.63) is 18.2 Å². The quantitative estimate of drug-likeness (QED) is 0.635. The summed E-state index contributed by atoms with van der Waals surface area (Å²) in [7, 11) is 1.32. The molecule has 70 valence electrons. The molecule has 0 unspecified atom stereocenters. The molecule has 0 saturated heterocycles. The summed E-state index contributed by atoms with van der Waals surface area (Å²) in [5.74, 6) is -0.786. The number of rotatable bonds is 2. The molecule has 2 rings (SSSR count). The molecule has 0 spiro atoms. The lowest BCUT2D eigenvalue weighted by Gasteiger charge is -2.11. The molecule has 4 nitrogen and oxygen atoms in total. The van der Waals surface area contributed by atoms with Crippen molar-refractivity contribution in [2.45, 2.75) is 18.4 Å². The number of hydrogen-bond donors (Lipinski definition) is 0. The largest absolute Gasteiger partial charge is 0.467 e. The van der Waals surface area contributed by atoms with Crippen LogP contribution in [0, 0.1) is 5.82 Å². The number of nitrogens with zero attached hydrogens (tertiary/aromatic N) is 2. The summed E-state index contributed by atoms with van der Waals surface area (Å²) in [6, 6.07) is 0. The van der Waals surface area contributed by atoms with Crippen LogP contribution in [0.5, 0.6) is 0 Å². The van der Waals surface area contributed by atoms with Gasteiger partial charge in [0.25, 0.3) is 0 Å². The van der Waals surface area contributed by atoms with Gasteiger partial charge >= 0.3 is 5.97 Å². The molecule has 0 atom stereocenters. The fourth-order valence-corrected chi connectivity index (χ4v) is 1.37. The van der Waals surface area contributed by atoms with Crippen LogP contribution in [0.15, 0.2) is 12.4 Å². The van der Waals surface area contributed by atoms with Gasteiger partial charge < -0.3 is 4.74 Å². The molecular formula is C8H9FN2O2. The highest BCUT2D eigenvalue weighted by Gasteiger charge is 2.54. The SMILES string of the molecule is COC(=O)C1(n2cc(F)cn2)CC1. The van der Waals surface area contributed by atoms with Crippen LogP contribution >= 0.6 is 0 Å². The Morgan fingerprint density at radius 2 is 2.46 bits per heavy atom. The van der Waals surface area contributed by atoms with E-state index in [0.29, 0.717) is 12.8 Å². The molecule has 1 aliphatic carbocycles. The van der Waals surface area contributed by atoms with E-state index in [1.54, 1.807) is 0 Å².